The number of carbonyl (C=O) groups is 1. The van der Waals surface area contributed by atoms with E-state index in [2.05, 4.69) is 4.98 Å². The molecule has 1 fully saturated rings. The second-order valence-electron chi connectivity index (χ2n) is 5.92. The highest BCUT2D eigenvalue weighted by molar-refractivity contribution is 5.79. The second-order valence-corrected chi connectivity index (χ2v) is 5.92. The van der Waals surface area contributed by atoms with Crippen LogP contribution in [-0.2, 0) is 22.6 Å². The average Bonchev–Trinajstić information content (AvgIpc) is 3.17. The van der Waals surface area contributed by atoms with Gasteiger partial charge in [0.1, 0.15) is 5.75 Å². The summed E-state index contributed by atoms with van der Waals surface area (Å²) in [6, 6.07) is 13.6. The third-order valence-electron chi connectivity index (χ3n) is 4.20. The van der Waals surface area contributed by atoms with Crippen molar-refractivity contribution in [3.8, 4) is 5.75 Å². The smallest absolute Gasteiger partial charge is 0.228 e. The summed E-state index contributed by atoms with van der Waals surface area (Å²) in [5.41, 5.74) is 1.96. The normalized spacial score (nSPS) is 16.8. The maximum Gasteiger partial charge on any atom is 0.228 e. The van der Waals surface area contributed by atoms with Gasteiger partial charge in [0, 0.05) is 19.3 Å². The molecule has 0 spiro atoms. The first-order valence-electron chi connectivity index (χ1n) is 8.15. The molecular weight excluding hydrogens is 304 g/mol. The number of amides is 1. The van der Waals surface area contributed by atoms with Gasteiger partial charge in [0.05, 0.1) is 31.9 Å². The van der Waals surface area contributed by atoms with Gasteiger partial charge in [0.25, 0.3) is 0 Å². The van der Waals surface area contributed by atoms with Crippen LogP contribution in [0.15, 0.2) is 48.7 Å². The van der Waals surface area contributed by atoms with Gasteiger partial charge in [0.15, 0.2) is 0 Å². The van der Waals surface area contributed by atoms with Gasteiger partial charge in [-0.05, 0) is 36.2 Å². The summed E-state index contributed by atoms with van der Waals surface area (Å²) in [6.07, 6.45) is 2.55. The molecule has 1 aromatic carbocycles. The van der Waals surface area contributed by atoms with Crippen LogP contribution in [-0.4, -0.2) is 36.1 Å². The number of nitrogens with zero attached hydrogens (tertiary/aromatic N) is 2. The van der Waals surface area contributed by atoms with Crippen LogP contribution in [0.3, 0.4) is 0 Å². The lowest BCUT2D eigenvalue weighted by molar-refractivity contribution is -0.136. The van der Waals surface area contributed by atoms with Gasteiger partial charge in [-0.25, -0.2) is 0 Å². The summed E-state index contributed by atoms with van der Waals surface area (Å²) < 4.78 is 10.6. The topological polar surface area (TPSA) is 51.7 Å². The minimum absolute atomic E-state index is 0.0491. The van der Waals surface area contributed by atoms with Crippen molar-refractivity contribution in [2.75, 3.05) is 20.3 Å². The molecule has 1 amide bonds. The Morgan fingerprint density at radius 2 is 2.08 bits per heavy atom. The predicted molar refractivity (Wildman–Crippen MR) is 90.4 cm³/mol. The number of pyridine rings is 1. The first-order chi connectivity index (χ1) is 11.8. The molecule has 1 aromatic heterocycles. The fraction of sp³-hybridized carbons (Fsp3) is 0.368. The molecule has 1 aliphatic rings. The molecule has 2 aromatic rings. The van der Waals surface area contributed by atoms with Gasteiger partial charge in [0.2, 0.25) is 5.91 Å². The maximum absolute atomic E-state index is 12.9. The van der Waals surface area contributed by atoms with E-state index < -0.39 is 0 Å². The van der Waals surface area contributed by atoms with Crippen LogP contribution in [0.2, 0.25) is 0 Å². The number of rotatable bonds is 6. The molecule has 0 radical (unpaired) electrons. The molecule has 24 heavy (non-hydrogen) atoms. The first-order valence-corrected chi connectivity index (χ1v) is 8.15. The van der Waals surface area contributed by atoms with Gasteiger partial charge in [-0.2, -0.15) is 0 Å². The van der Waals surface area contributed by atoms with E-state index in [0.29, 0.717) is 26.3 Å². The molecular formula is C19H22N2O3. The fourth-order valence-electron chi connectivity index (χ4n) is 2.84. The lowest BCUT2D eigenvalue weighted by Crippen LogP contribution is -2.35. The number of methoxy groups -OCH3 is 1. The zero-order chi connectivity index (χ0) is 16.8. The van der Waals surface area contributed by atoms with Gasteiger partial charge in [-0.15, -0.1) is 0 Å². The van der Waals surface area contributed by atoms with E-state index in [4.69, 9.17) is 9.47 Å². The summed E-state index contributed by atoms with van der Waals surface area (Å²) >= 11 is 0. The number of hydrogen-bond donors (Lipinski definition) is 0. The van der Waals surface area contributed by atoms with Crippen LogP contribution >= 0.6 is 0 Å². The minimum atomic E-state index is -0.0491. The van der Waals surface area contributed by atoms with Crippen LogP contribution in [0.4, 0.5) is 0 Å². The number of carbonyl (C=O) groups excluding carboxylic acids is 1. The zero-order valence-corrected chi connectivity index (χ0v) is 13.9. The molecule has 3 rings (SSSR count). The largest absolute Gasteiger partial charge is 0.497 e. The first kappa shape index (κ1) is 16.5. The van der Waals surface area contributed by atoms with E-state index in [1.807, 2.05) is 47.4 Å². The molecule has 0 unspecified atom stereocenters. The van der Waals surface area contributed by atoms with Crippen LogP contribution in [0.25, 0.3) is 0 Å². The van der Waals surface area contributed by atoms with Crippen molar-refractivity contribution in [1.82, 2.24) is 9.88 Å². The molecule has 1 aliphatic heterocycles. The van der Waals surface area contributed by atoms with E-state index in [-0.39, 0.29) is 11.8 Å². The van der Waals surface area contributed by atoms with Gasteiger partial charge in [-0.1, -0.05) is 18.2 Å². The van der Waals surface area contributed by atoms with Gasteiger partial charge >= 0.3 is 0 Å². The quantitative estimate of drug-likeness (QED) is 0.819. The summed E-state index contributed by atoms with van der Waals surface area (Å²) in [6.45, 7) is 2.23. The predicted octanol–water partition coefficient (Wildman–Crippen LogP) is 2.66. The molecule has 126 valence electrons. The Morgan fingerprint density at radius 3 is 2.71 bits per heavy atom. The molecule has 0 bridgehead atoms. The minimum Gasteiger partial charge on any atom is -0.497 e. The van der Waals surface area contributed by atoms with E-state index in [1.165, 1.54) is 0 Å². The van der Waals surface area contributed by atoms with Crippen molar-refractivity contribution in [3.63, 3.8) is 0 Å². The Balaban J connectivity index is 1.76. The molecule has 5 heteroatoms. The Bertz CT molecular complexity index is 652. The second kappa shape index (κ2) is 7.93. The molecule has 0 saturated carbocycles. The molecule has 0 aliphatic carbocycles. The van der Waals surface area contributed by atoms with Gasteiger partial charge < -0.3 is 14.4 Å². The summed E-state index contributed by atoms with van der Waals surface area (Å²) in [5, 5.41) is 0. The number of benzene rings is 1. The number of hydrogen-bond acceptors (Lipinski definition) is 4. The Hall–Kier alpha value is -2.40. The molecule has 1 saturated heterocycles. The average molecular weight is 326 g/mol. The fourth-order valence-corrected chi connectivity index (χ4v) is 2.84. The van der Waals surface area contributed by atoms with E-state index in [0.717, 1.165) is 23.4 Å². The van der Waals surface area contributed by atoms with Crippen LogP contribution in [0.1, 0.15) is 17.7 Å². The van der Waals surface area contributed by atoms with Crippen molar-refractivity contribution in [2.24, 2.45) is 5.92 Å². The van der Waals surface area contributed by atoms with Crippen molar-refractivity contribution in [1.29, 1.82) is 0 Å². The Labute approximate surface area is 142 Å². The maximum atomic E-state index is 12.9. The highest BCUT2D eigenvalue weighted by Crippen LogP contribution is 2.20. The van der Waals surface area contributed by atoms with Crippen molar-refractivity contribution < 1.29 is 14.3 Å². The van der Waals surface area contributed by atoms with Crippen molar-refractivity contribution >= 4 is 5.91 Å². The highest BCUT2D eigenvalue weighted by atomic mass is 16.5. The zero-order valence-electron chi connectivity index (χ0n) is 13.9. The Morgan fingerprint density at radius 1 is 1.25 bits per heavy atom. The third-order valence-corrected chi connectivity index (χ3v) is 4.20. The molecule has 1 atom stereocenters. The lowest BCUT2D eigenvalue weighted by Gasteiger charge is -2.25. The molecule has 0 N–H and O–H groups in total. The standard InChI is InChI=1S/C19H22N2O3/c1-23-18-7-5-15(6-8-18)12-21(13-17-4-2-3-10-20-17)19(22)16-9-11-24-14-16/h2-8,10,16H,9,11-14H2,1H3/t16-/m1/s1. The summed E-state index contributed by atoms with van der Waals surface area (Å²) in [5.74, 6) is 0.895. The van der Waals surface area contributed by atoms with Crippen LogP contribution < -0.4 is 4.74 Å². The summed E-state index contributed by atoms with van der Waals surface area (Å²) in [4.78, 5) is 19.1. The van der Waals surface area contributed by atoms with Gasteiger partial charge in [-0.3, -0.25) is 9.78 Å². The molecule has 5 nitrogen and oxygen atoms in total. The third kappa shape index (κ3) is 4.11. The van der Waals surface area contributed by atoms with Crippen LogP contribution in [0.5, 0.6) is 5.75 Å². The van der Waals surface area contributed by atoms with E-state index in [9.17, 15) is 4.79 Å². The highest BCUT2D eigenvalue weighted by Gasteiger charge is 2.28. The summed E-state index contributed by atoms with van der Waals surface area (Å²) in [7, 11) is 1.64. The monoisotopic (exact) mass is 326 g/mol. The lowest BCUT2D eigenvalue weighted by atomic mass is 10.1. The van der Waals surface area contributed by atoms with E-state index >= 15 is 0 Å². The number of ether oxygens (including phenoxy) is 2. The van der Waals surface area contributed by atoms with Crippen LogP contribution in [0, 0.1) is 5.92 Å². The molecule has 2 heterocycles. The van der Waals surface area contributed by atoms with Crippen molar-refractivity contribution in [2.45, 2.75) is 19.5 Å². The number of aromatic nitrogens is 1. The SMILES string of the molecule is COc1ccc(CN(Cc2ccccn2)C(=O)[C@@H]2CCOC2)cc1. The van der Waals surface area contributed by atoms with Crippen molar-refractivity contribution in [3.05, 3.63) is 59.9 Å². The van der Waals surface area contributed by atoms with E-state index in [1.54, 1.807) is 13.3 Å². The Kier molecular flexibility index (Phi) is 5.43.